The zero-order chi connectivity index (χ0) is 28.6. The third kappa shape index (κ3) is 5.64. The average molecular weight is 569 g/mol. The maximum Gasteiger partial charge on any atom is 0.226 e. The van der Waals surface area contributed by atoms with E-state index in [1.165, 1.54) is 0 Å². The second-order valence-electron chi connectivity index (χ2n) is 11.6. The predicted molar refractivity (Wildman–Crippen MR) is 155 cm³/mol. The summed E-state index contributed by atoms with van der Waals surface area (Å²) in [4.78, 5) is 20.6. The average Bonchev–Trinajstić information content (AvgIpc) is 3.63. The Balaban J connectivity index is 1.36. The summed E-state index contributed by atoms with van der Waals surface area (Å²) in [6.45, 7) is 0.929. The molecule has 0 amide bonds. The first-order chi connectivity index (χ1) is 19.8. The number of nitriles is 2. The molecule has 0 N–H and O–H groups in total. The van der Waals surface area contributed by atoms with Crippen molar-refractivity contribution in [3.63, 3.8) is 0 Å². The Kier molecular flexibility index (Phi) is 7.17. The standard InChI is InChI=1S/C32H32N4O4S/c33-20-22-4-3-5-24(18-22)31-35-29(23-8-10-25(11-9-23)36-14-16-41(38,39)17-15-36)30(40-31)27-7-2-1-6-26(27)28(37)19-32(21-34)12-13-32/h3-5,8-11,18,26-27H,1-2,6-7,12-17,19H2/t26-,27-/m1/s1. The van der Waals surface area contributed by atoms with Crippen LogP contribution in [0.4, 0.5) is 5.69 Å². The van der Waals surface area contributed by atoms with Gasteiger partial charge < -0.3 is 9.32 Å². The fraction of sp³-hybridized carbons (Fsp3) is 0.438. The quantitative estimate of drug-likeness (QED) is 0.358. The predicted octanol–water partition coefficient (Wildman–Crippen LogP) is 5.65. The molecule has 8 nitrogen and oxygen atoms in total. The zero-order valence-corrected chi connectivity index (χ0v) is 23.7. The molecule has 2 atom stereocenters. The molecule has 3 aliphatic rings. The molecule has 3 fully saturated rings. The second-order valence-corrected chi connectivity index (χ2v) is 13.9. The molecule has 0 unspecified atom stereocenters. The van der Waals surface area contributed by atoms with Crippen LogP contribution in [0, 0.1) is 34.0 Å². The minimum atomic E-state index is -2.97. The van der Waals surface area contributed by atoms with Gasteiger partial charge in [0.25, 0.3) is 0 Å². The summed E-state index contributed by atoms with van der Waals surface area (Å²) in [7, 11) is -2.97. The third-order valence-electron chi connectivity index (χ3n) is 8.86. The molecule has 3 aromatic rings. The highest BCUT2D eigenvalue weighted by Crippen LogP contribution is 2.51. The van der Waals surface area contributed by atoms with Crippen LogP contribution in [0.15, 0.2) is 52.9 Å². The Morgan fingerprint density at radius 3 is 2.44 bits per heavy atom. The van der Waals surface area contributed by atoms with E-state index in [1.54, 1.807) is 18.2 Å². The van der Waals surface area contributed by atoms with Gasteiger partial charge in [0.15, 0.2) is 9.84 Å². The molecule has 0 radical (unpaired) electrons. The second kappa shape index (κ2) is 10.8. The normalized spacial score (nSPS) is 22.8. The van der Waals surface area contributed by atoms with Gasteiger partial charge in [0.1, 0.15) is 17.2 Å². The molecule has 2 saturated carbocycles. The molecular formula is C32H32N4O4S. The summed E-state index contributed by atoms with van der Waals surface area (Å²) >= 11 is 0. The summed E-state index contributed by atoms with van der Waals surface area (Å²) in [6, 6.07) is 19.6. The number of Topliss-reactive ketones (excluding diaryl/α,β-unsaturated/α-hetero) is 1. The highest BCUT2D eigenvalue weighted by molar-refractivity contribution is 7.91. The number of rotatable bonds is 7. The van der Waals surface area contributed by atoms with Gasteiger partial charge in [-0.25, -0.2) is 13.4 Å². The van der Waals surface area contributed by atoms with Crippen molar-refractivity contribution in [2.75, 3.05) is 29.5 Å². The fourth-order valence-electron chi connectivity index (χ4n) is 6.21. The van der Waals surface area contributed by atoms with Gasteiger partial charge in [-0.2, -0.15) is 10.5 Å². The maximum atomic E-state index is 13.6. The topological polar surface area (TPSA) is 128 Å². The smallest absolute Gasteiger partial charge is 0.226 e. The molecule has 210 valence electrons. The molecule has 9 heteroatoms. The molecular weight excluding hydrogens is 536 g/mol. The molecule has 0 spiro atoms. The van der Waals surface area contributed by atoms with Crippen molar-refractivity contribution in [2.24, 2.45) is 11.3 Å². The largest absolute Gasteiger partial charge is 0.440 e. The lowest BCUT2D eigenvalue weighted by atomic mass is 9.73. The molecule has 0 bridgehead atoms. The van der Waals surface area contributed by atoms with Crippen molar-refractivity contribution in [2.45, 2.75) is 50.9 Å². The van der Waals surface area contributed by atoms with E-state index in [-0.39, 0.29) is 29.1 Å². The molecule has 2 aliphatic carbocycles. The summed E-state index contributed by atoms with van der Waals surface area (Å²) in [5.41, 5.74) is 3.20. The van der Waals surface area contributed by atoms with Gasteiger partial charge in [0, 0.05) is 48.2 Å². The molecule has 41 heavy (non-hydrogen) atoms. The SMILES string of the molecule is N#Cc1cccc(-c2nc(-c3ccc(N4CCS(=O)(=O)CC4)cc3)c([C@@H]3CCCC[C@H]3C(=O)CC3(C#N)CC3)o2)c1. The monoisotopic (exact) mass is 568 g/mol. The Morgan fingerprint density at radius 2 is 1.76 bits per heavy atom. The Labute approximate surface area is 240 Å². The number of hydrogen-bond acceptors (Lipinski definition) is 8. The third-order valence-corrected chi connectivity index (χ3v) is 10.5. The molecule has 6 rings (SSSR count). The van der Waals surface area contributed by atoms with Crippen molar-refractivity contribution in [1.29, 1.82) is 10.5 Å². The molecule has 1 aromatic heterocycles. The lowest BCUT2D eigenvalue weighted by molar-refractivity contribution is -0.125. The van der Waals surface area contributed by atoms with Gasteiger partial charge in [-0.05, 0) is 56.0 Å². The van der Waals surface area contributed by atoms with Crippen molar-refractivity contribution >= 4 is 21.3 Å². The number of nitrogens with zero attached hydrogens (tertiary/aromatic N) is 4. The zero-order valence-electron chi connectivity index (χ0n) is 22.9. The van der Waals surface area contributed by atoms with Crippen LogP contribution in [-0.4, -0.2) is 43.8 Å². The first-order valence-electron chi connectivity index (χ1n) is 14.3. The van der Waals surface area contributed by atoms with Gasteiger partial charge in [-0.1, -0.05) is 31.0 Å². The lowest BCUT2D eigenvalue weighted by Gasteiger charge is -2.30. The number of hydrogen-bond donors (Lipinski definition) is 0. The Morgan fingerprint density at radius 1 is 1.02 bits per heavy atom. The van der Waals surface area contributed by atoms with Crippen LogP contribution < -0.4 is 4.90 Å². The molecule has 2 aromatic carbocycles. The van der Waals surface area contributed by atoms with Gasteiger partial charge in [-0.3, -0.25) is 4.79 Å². The summed E-state index contributed by atoms with van der Waals surface area (Å²) in [5, 5.41) is 19.0. The van der Waals surface area contributed by atoms with Crippen LogP contribution in [0.1, 0.15) is 62.2 Å². The summed E-state index contributed by atoms with van der Waals surface area (Å²) < 4.78 is 30.3. The Bertz CT molecular complexity index is 1640. The van der Waals surface area contributed by atoms with E-state index >= 15 is 0 Å². The summed E-state index contributed by atoms with van der Waals surface area (Å²) in [6.07, 6.45) is 5.38. The number of oxazole rings is 1. The molecule has 1 saturated heterocycles. The maximum absolute atomic E-state index is 13.6. The van der Waals surface area contributed by atoms with Crippen LogP contribution in [0.5, 0.6) is 0 Å². The minimum Gasteiger partial charge on any atom is -0.440 e. The van der Waals surface area contributed by atoms with Crippen molar-refractivity contribution < 1.29 is 17.6 Å². The first kappa shape index (κ1) is 27.2. The number of anilines is 1. The van der Waals surface area contributed by atoms with Crippen molar-refractivity contribution in [1.82, 2.24) is 4.98 Å². The number of aromatic nitrogens is 1. The van der Waals surface area contributed by atoms with Crippen LogP contribution in [0.3, 0.4) is 0 Å². The van der Waals surface area contributed by atoms with E-state index in [0.29, 0.717) is 48.0 Å². The van der Waals surface area contributed by atoms with Crippen LogP contribution in [-0.2, 0) is 14.6 Å². The van der Waals surface area contributed by atoms with Crippen LogP contribution >= 0.6 is 0 Å². The minimum absolute atomic E-state index is 0.138. The van der Waals surface area contributed by atoms with Gasteiger partial charge in [0.2, 0.25) is 5.89 Å². The summed E-state index contributed by atoms with van der Waals surface area (Å²) in [5.74, 6) is 1.15. The van der Waals surface area contributed by atoms with E-state index in [1.807, 2.05) is 30.3 Å². The van der Waals surface area contributed by atoms with Crippen LogP contribution in [0.25, 0.3) is 22.7 Å². The van der Waals surface area contributed by atoms with E-state index in [0.717, 1.165) is 49.8 Å². The Hall–Kier alpha value is -3.95. The molecule has 2 heterocycles. The fourth-order valence-corrected chi connectivity index (χ4v) is 7.41. The van der Waals surface area contributed by atoms with Gasteiger partial charge in [-0.15, -0.1) is 0 Å². The number of carbonyl (C=O) groups excluding carboxylic acids is 1. The van der Waals surface area contributed by atoms with Crippen molar-refractivity contribution in [3.05, 3.63) is 59.9 Å². The van der Waals surface area contributed by atoms with Gasteiger partial charge in [0.05, 0.1) is 34.6 Å². The van der Waals surface area contributed by atoms with Crippen molar-refractivity contribution in [3.8, 4) is 34.8 Å². The highest BCUT2D eigenvalue weighted by Gasteiger charge is 2.47. The van der Waals surface area contributed by atoms with E-state index in [9.17, 15) is 23.7 Å². The lowest BCUT2D eigenvalue weighted by Crippen LogP contribution is -2.40. The number of carbonyl (C=O) groups is 1. The van der Waals surface area contributed by atoms with E-state index < -0.39 is 15.3 Å². The highest BCUT2D eigenvalue weighted by atomic mass is 32.2. The van der Waals surface area contributed by atoms with Crippen LogP contribution in [0.2, 0.25) is 0 Å². The van der Waals surface area contributed by atoms with Gasteiger partial charge >= 0.3 is 0 Å². The number of ketones is 1. The molecule has 1 aliphatic heterocycles. The van der Waals surface area contributed by atoms with E-state index in [2.05, 4.69) is 17.0 Å². The number of benzene rings is 2. The number of sulfone groups is 1. The van der Waals surface area contributed by atoms with E-state index in [4.69, 9.17) is 9.40 Å². The first-order valence-corrected chi connectivity index (χ1v) is 16.1.